The molecular formula is C14H15N3O3. The Morgan fingerprint density at radius 3 is 2.30 bits per heavy atom. The number of aromatic nitrogens is 2. The van der Waals surface area contributed by atoms with Crippen molar-refractivity contribution in [3.8, 4) is 5.69 Å². The molecular weight excluding hydrogens is 258 g/mol. The first-order valence-corrected chi connectivity index (χ1v) is 6.13. The van der Waals surface area contributed by atoms with Crippen molar-refractivity contribution in [2.45, 2.75) is 19.8 Å². The Morgan fingerprint density at radius 2 is 1.85 bits per heavy atom. The van der Waals surface area contributed by atoms with Gasteiger partial charge in [-0.2, -0.15) is 5.10 Å². The van der Waals surface area contributed by atoms with Gasteiger partial charge in [0.1, 0.15) is 0 Å². The molecule has 2 aromatic rings. The smallest absolute Gasteiger partial charge is 0.356 e. The van der Waals surface area contributed by atoms with Crippen molar-refractivity contribution in [1.29, 1.82) is 0 Å². The number of rotatable bonds is 4. The van der Waals surface area contributed by atoms with Crippen LogP contribution in [0.15, 0.2) is 30.3 Å². The van der Waals surface area contributed by atoms with Crippen LogP contribution >= 0.6 is 0 Å². The Balaban J connectivity index is 2.50. The minimum atomic E-state index is -1.07. The summed E-state index contributed by atoms with van der Waals surface area (Å²) in [5, 5.41) is 13.1. The molecule has 104 valence electrons. The minimum absolute atomic E-state index is 0.00678. The van der Waals surface area contributed by atoms with Gasteiger partial charge in [0, 0.05) is 11.3 Å². The third-order valence-corrected chi connectivity index (χ3v) is 2.94. The minimum Gasteiger partial charge on any atom is -0.476 e. The number of carbonyl (C=O) groups excluding carboxylic acids is 1. The van der Waals surface area contributed by atoms with Gasteiger partial charge in [-0.1, -0.05) is 13.8 Å². The third kappa shape index (κ3) is 2.54. The highest BCUT2D eigenvalue weighted by Gasteiger charge is 2.16. The number of primary amides is 1. The lowest BCUT2D eigenvalue weighted by atomic mass is 10.1. The highest BCUT2D eigenvalue weighted by molar-refractivity contribution is 5.92. The van der Waals surface area contributed by atoms with E-state index in [4.69, 9.17) is 10.8 Å². The second-order valence-electron chi connectivity index (χ2n) is 4.74. The monoisotopic (exact) mass is 273 g/mol. The summed E-state index contributed by atoms with van der Waals surface area (Å²) < 4.78 is 1.57. The number of nitrogens with zero attached hydrogens (tertiary/aromatic N) is 2. The molecule has 20 heavy (non-hydrogen) atoms. The number of amides is 1. The highest BCUT2D eigenvalue weighted by Crippen LogP contribution is 2.20. The van der Waals surface area contributed by atoms with Gasteiger partial charge in [-0.3, -0.25) is 4.79 Å². The molecule has 1 heterocycles. The normalized spacial score (nSPS) is 10.8. The third-order valence-electron chi connectivity index (χ3n) is 2.94. The quantitative estimate of drug-likeness (QED) is 0.887. The molecule has 0 fully saturated rings. The van der Waals surface area contributed by atoms with Crippen LogP contribution in [0.3, 0.4) is 0 Å². The average Bonchev–Trinajstić information content (AvgIpc) is 2.84. The molecule has 0 saturated carbocycles. The van der Waals surface area contributed by atoms with E-state index in [0.29, 0.717) is 11.3 Å². The molecule has 0 aliphatic rings. The van der Waals surface area contributed by atoms with E-state index in [1.54, 1.807) is 35.0 Å². The first-order chi connectivity index (χ1) is 9.40. The molecule has 0 aliphatic heterocycles. The molecule has 0 saturated heterocycles. The molecule has 0 spiro atoms. The summed E-state index contributed by atoms with van der Waals surface area (Å²) >= 11 is 0. The maximum Gasteiger partial charge on any atom is 0.356 e. The fourth-order valence-electron chi connectivity index (χ4n) is 1.89. The Kier molecular flexibility index (Phi) is 3.56. The van der Waals surface area contributed by atoms with Crippen LogP contribution < -0.4 is 5.73 Å². The van der Waals surface area contributed by atoms with Gasteiger partial charge in [-0.25, -0.2) is 9.48 Å². The van der Waals surface area contributed by atoms with Crippen LogP contribution in [-0.4, -0.2) is 26.8 Å². The highest BCUT2D eigenvalue weighted by atomic mass is 16.4. The van der Waals surface area contributed by atoms with Gasteiger partial charge >= 0.3 is 5.97 Å². The summed E-state index contributed by atoms with van der Waals surface area (Å²) in [7, 11) is 0. The van der Waals surface area contributed by atoms with Crippen LogP contribution in [0.4, 0.5) is 0 Å². The maximum absolute atomic E-state index is 11.0. The van der Waals surface area contributed by atoms with E-state index in [0.717, 1.165) is 5.69 Å². The zero-order valence-electron chi connectivity index (χ0n) is 11.2. The Morgan fingerprint density at radius 1 is 1.25 bits per heavy atom. The molecule has 0 atom stereocenters. The Hall–Kier alpha value is -2.63. The van der Waals surface area contributed by atoms with Crippen molar-refractivity contribution in [3.63, 3.8) is 0 Å². The van der Waals surface area contributed by atoms with Gasteiger partial charge in [-0.15, -0.1) is 0 Å². The number of carboxylic acids is 1. The van der Waals surface area contributed by atoms with E-state index in [2.05, 4.69) is 5.10 Å². The molecule has 1 aromatic heterocycles. The SMILES string of the molecule is CC(C)c1cc(C(=O)O)nn1-c1ccc(C(N)=O)cc1. The van der Waals surface area contributed by atoms with E-state index in [1.807, 2.05) is 13.8 Å². The molecule has 2 rings (SSSR count). The number of carbonyl (C=O) groups is 2. The Labute approximate surface area is 115 Å². The van der Waals surface area contributed by atoms with Crippen molar-refractivity contribution in [2.24, 2.45) is 5.73 Å². The van der Waals surface area contributed by atoms with Gasteiger partial charge in [0.15, 0.2) is 5.69 Å². The molecule has 6 nitrogen and oxygen atoms in total. The standard InChI is InChI=1S/C14H15N3O3/c1-8(2)12-7-11(14(19)20)16-17(12)10-5-3-9(4-6-10)13(15)18/h3-8H,1-2H3,(H2,15,18)(H,19,20). The number of carboxylic acid groups (broad SMARTS) is 1. The van der Waals surface area contributed by atoms with Gasteiger partial charge < -0.3 is 10.8 Å². The Bertz CT molecular complexity index is 657. The van der Waals surface area contributed by atoms with Gasteiger partial charge in [0.25, 0.3) is 0 Å². The summed E-state index contributed by atoms with van der Waals surface area (Å²) in [6.45, 7) is 3.91. The average molecular weight is 273 g/mol. The summed E-state index contributed by atoms with van der Waals surface area (Å²) in [6.07, 6.45) is 0. The predicted octanol–water partition coefficient (Wildman–Crippen LogP) is 1.79. The van der Waals surface area contributed by atoms with Crippen LogP contribution in [0.25, 0.3) is 5.69 Å². The lowest BCUT2D eigenvalue weighted by Gasteiger charge is -2.10. The van der Waals surface area contributed by atoms with Crippen LogP contribution in [-0.2, 0) is 0 Å². The molecule has 0 aliphatic carbocycles. The van der Waals surface area contributed by atoms with Crippen molar-refractivity contribution in [1.82, 2.24) is 9.78 Å². The molecule has 0 unspecified atom stereocenters. The predicted molar refractivity (Wildman–Crippen MR) is 73.1 cm³/mol. The molecule has 3 N–H and O–H groups in total. The molecule has 0 radical (unpaired) electrons. The van der Waals surface area contributed by atoms with Crippen molar-refractivity contribution in [2.75, 3.05) is 0 Å². The fraction of sp³-hybridized carbons (Fsp3) is 0.214. The maximum atomic E-state index is 11.0. The molecule has 1 aromatic carbocycles. The van der Waals surface area contributed by atoms with E-state index in [-0.39, 0.29) is 11.6 Å². The van der Waals surface area contributed by atoms with Crippen LogP contribution in [0.1, 0.15) is 46.3 Å². The molecule has 0 bridgehead atoms. The number of aromatic carboxylic acids is 1. The van der Waals surface area contributed by atoms with Crippen molar-refractivity contribution >= 4 is 11.9 Å². The van der Waals surface area contributed by atoms with E-state index in [9.17, 15) is 9.59 Å². The van der Waals surface area contributed by atoms with E-state index < -0.39 is 11.9 Å². The van der Waals surface area contributed by atoms with Crippen LogP contribution in [0, 0.1) is 0 Å². The van der Waals surface area contributed by atoms with Gasteiger partial charge in [0.05, 0.1) is 5.69 Å². The first-order valence-electron chi connectivity index (χ1n) is 6.13. The number of benzene rings is 1. The molecule has 6 heteroatoms. The lowest BCUT2D eigenvalue weighted by Crippen LogP contribution is -2.11. The second-order valence-corrected chi connectivity index (χ2v) is 4.74. The largest absolute Gasteiger partial charge is 0.476 e. The summed E-state index contributed by atoms with van der Waals surface area (Å²) in [4.78, 5) is 22.1. The van der Waals surface area contributed by atoms with E-state index >= 15 is 0 Å². The summed E-state index contributed by atoms with van der Waals surface area (Å²) in [6, 6.07) is 8.10. The first kappa shape index (κ1) is 13.8. The van der Waals surface area contributed by atoms with Gasteiger partial charge in [0.2, 0.25) is 5.91 Å². The van der Waals surface area contributed by atoms with Crippen LogP contribution in [0.5, 0.6) is 0 Å². The van der Waals surface area contributed by atoms with Gasteiger partial charge in [-0.05, 0) is 36.2 Å². The number of hydrogen-bond donors (Lipinski definition) is 2. The summed E-state index contributed by atoms with van der Waals surface area (Å²) in [5.74, 6) is -1.46. The zero-order chi connectivity index (χ0) is 14.9. The summed E-state index contributed by atoms with van der Waals surface area (Å²) in [5.41, 5.74) is 7.05. The number of nitrogens with two attached hydrogens (primary N) is 1. The second kappa shape index (κ2) is 5.16. The van der Waals surface area contributed by atoms with Crippen LogP contribution in [0.2, 0.25) is 0 Å². The fourth-order valence-corrected chi connectivity index (χ4v) is 1.89. The van der Waals surface area contributed by atoms with Crippen molar-refractivity contribution < 1.29 is 14.7 Å². The number of hydrogen-bond acceptors (Lipinski definition) is 3. The van der Waals surface area contributed by atoms with Crippen molar-refractivity contribution in [3.05, 3.63) is 47.3 Å². The zero-order valence-corrected chi connectivity index (χ0v) is 11.2. The lowest BCUT2D eigenvalue weighted by molar-refractivity contribution is 0.0689. The molecule has 1 amide bonds. The topological polar surface area (TPSA) is 98.2 Å². The van der Waals surface area contributed by atoms with E-state index in [1.165, 1.54) is 0 Å².